The Morgan fingerprint density at radius 1 is 1.25 bits per heavy atom. The molecule has 1 amide bonds. The lowest BCUT2D eigenvalue weighted by Crippen LogP contribution is -2.07. The highest BCUT2D eigenvalue weighted by molar-refractivity contribution is 5.89. The maximum atomic E-state index is 13.7. The van der Waals surface area contributed by atoms with Crippen molar-refractivity contribution in [3.05, 3.63) is 53.8 Å². The van der Waals surface area contributed by atoms with Crippen LogP contribution in [-0.2, 0) is 11.3 Å². The molecule has 0 aromatic heterocycles. The lowest BCUT2D eigenvalue weighted by Gasteiger charge is -2.11. The summed E-state index contributed by atoms with van der Waals surface area (Å²) < 4.78 is 13.7. The van der Waals surface area contributed by atoms with E-state index >= 15 is 0 Å². The molecule has 2 aromatic carbocycles. The monoisotopic (exact) mass is 274 g/mol. The lowest BCUT2D eigenvalue weighted by atomic mass is 10.2. The van der Waals surface area contributed by atoms with Crippen LogP contribution >= 0.6 is 0 Å². The molecular formula is C15H15FN2O2. The SMILES string of the molecule is CC(=O)Nc1ccc(F)c(NCc2ccccc2O)c1. The highest BCUT2D eigenvalue weighted by atomic mass is 19.1. The number of benzene rings is 2. The number of carbonyl (C=O) groups excluding carboxylic acids is 1. The normalized spacial score (nSPS) is 10.1. The molecule has 0 atom stereocenters. The number of nitrogens with one attached hydrogen (secondary N) is 2. The summed E-state index contributed by atoms with van der Waals surface area (Å²) in [6.07, 6.45) is 0. The summed E-state index contributed by atoms with van der Waals surface area (Å²) >= 11 is 0. The van der Waals surface area contributed by atoms with Crippen LogP contribution in [0.1, 0.15) is 12.5 Å². The minimum atomic E-state index is -0.422. The molecule has 3 N–H and O–H groups in total. The molecule has 0 aliphatic rings. The number of aromatic hydroxyl groups is 1. The van der Waals surface area contributed by atoms with Gasteiger partial charge in [0.2, 0.25) is 5.91 Å². The van der Waals surface area contributed by atoms with Gasteiger partial charge in [0.25, 0.3) is 0 Å². The van der Waals surface area contributed by atoms with Crippen molar-refractivity contribution in [2.45, 2.75) is 13.5 Å². The smallest absolute Gasteiger partial charge is 0.221 e. The van der Waals surface area contributed by atoms with E-state index in [0.717, 1.165) is 0 Å². The van der Waals surface area contributed by atoms with Gasteiger partial charge in [-0.3, -0.25) is 4.79 Å². The van der Waals surface area contributed by atoms with Gasteiger partial charge in [-0.1, -0.05) is 18.2 Å². The first kappa shape index (κ1) is 13.9. The summed E-state index contributed by atoms with van der Waals surface area (Å²) in [7, 11) is 0. The fourth-order valence-electron chi connectivity index (χ4n) is 1.79. The Morgan fingerprint density at radius 3 is 2.70 bits per heavy atom. The van der Waals surface area contributed by atoms with Crippen LogP contribution in [0, 0.1) is 5.82 Å². The first-order chi connectivity index (χ1) is 9.56. The van der Waals surface area contributed by atoms with Crippen LogP contribution in [0.15, 0.2) is 42.5 Å². The van der Waals surface area contributed by atoms with Gasteiger partial charge in [-0.15, -0.1) is 0 Å². The van der Waals surface area contributed by atoms with Crippen molar-refractivity contribution in [1.29, 1.82) is 0 Å². The molecule has 2 aromatic rings. The van der Waals surface area contributed by atoms with Crippen molar-refractivity contribution in [3.63, 3.8) is 0 Å². The molecule has 0 fully saturated rings. The topological polar surface area (TPSA) is 61.4 Å². The van der Waals surface area contributed by atoms with Gasteiger partial charge in [0.05, 0.1) is 5.69 Å². The fraction of sp³-hybridized carbons (Fsp3) is 0.133. The maximum absolute atomic E-state index is 13.7. The van der Waals surface area contributed by atoms with E-state index < -0.39 is 5.82 Å². The van der Waals surface area contributed by atoms with Gasteiger partial charge < -0.3 is 15.7 Å². The zero-order valence-electron chi connectivity index (χ0n) is 11.0. The van der Waals surface area contributed by atoms with Crippen molar-refractivity contribution in [1.82, 2.24) is 0 Å². The number of amides is 1. The highest BCUT2D eigenvalue weighted by Gasteiger charge is 2.06. The number of para-hydroxylation sites is 1. The number of phenolic OH excluding ortho intramolecular Hbond substituents is 1. The summed E-state index contributed by atoms with van der Waals surface area (Å²) in [6, 6.07) is 11.1. The van der Waals surface area contributed by atoms with Crippen LogP contribution in [0.25, 0.3) is 0 Å². The third kappa shape index (κ3) is 3.47. The van der Waals surface area contributed by atoms with E-state index in [0.29, 0.717) is 11.3 Å². The number of carbonyl (C=O) groups is 1. The Morgan fingerprint density at radius 2 is 2.00 bits per heavy atom. The Kier molecular flexibility index (Phi) is 4.20. The van der Waals surface area contributed by atoms with E-state index in [-0.39, 0.29) is 23.9 Å². The molecule has 0 aliphatic heterocycles. The molecule has 0 saturated heterocycles. The third-order valence-corrected chi connectivity index (χ3v) is 2.75. The van der Waals surface area contributed by atoms with Crippen LogP contribution in [0.5, 0.6) is 5.75 Å². The second-order valence-electron chi connectivity index (χ2n) is 4.36. The van der Waals surface area contributed by atoms with Gasteiger partial charge in [-0.2, -0.15) is 0 Å². The molecule has 0 bridgehead atoms. The van der Waals surface area contributed by atoms with Crippen LogP contribution in [-0.4, -0.2) is 11.0 Å². The molecule has 0 aliphatic carbocycles. The average Bonchev–Trinajstić information content (AvgIpc) is 2.40. The van der Waals surface area contributed by atoms with E-state index in [9.17, 15) is 14.3 Å². The molecule has 104 valence electrons. The van der Waals surface area contributed by atoms with E-state index in [1.165, 1.54) is 25.1 Å². The Balaban J connectivity index is 2.12. The predicted molar refractivity (Wildman–Crippen MR) is 76.1 cm³/mol. The predicted octanol–water partition coefficient (Wildman–Crippen LogP) is 3.10. The fourth-order valence-corrected chi connectivity index (χ4v) is 1.79. The number of phenols is 1. The summed E-state index contributed by atoms with van der Waals surface area (Å²) in [5, 5.41) is 15.1. The van der Waals surface area contributed by atoms with E-state index in [2.05, 4.69) is 10.6 Å². The molecule has 0 unspecified atom stereocenters. The van der Waals surface area contributed by atoms with Crippen molar-refractivity contribution < 1.29 is 14.3 Å². The third-order valence-electron chi connectivity index (χ3n) is 2.75. The molecule has 20 heavy (non-hydrogen) atoms. The Labute approximate surface area is 116 Å². The first-order valence-corrected chi connectivity index (χ1v) is 6.14. The summed E-state index contributed by atoms with van der Waals surface area (Å²) in [5.41, 5.74) is 1.44. The highest BCUT2D eigenvalue weighted by Crippen LogP contribution is 2.22. The quantitative estimate of drug-likeness (QED) is 0.802. The molecule has 0 radical (unpaired) electrons. The standard InChI is InChI=1S/C15H15FN2O2/c1-10(19)18-12-6-7-13(16)14(8-12)17-9-11-4-2-3-5-15(11)20/h2-8,17,20H,9H2,1H3,(H,18,19). The molecule has 0 spiro atoms. The van der Waals surface area contributed by atoms with Crippen molar-refractivity contribution in [2.24, 2.45) is 0 Å². The average molecular weight is 274 g/mol. The van der Waals surface area contributed by atoms with Crippen molar-refractivity contribution >= 4 is 17.3 Å². The summed E-state index contributed by atoms with van der Waals surface area (Å²) in [6.45, 7) is 1.67. The number of anilines is 2. The minimum Gasteiger partial charge on any atom is -0.508 e. The second-order valence-corrected chi connectivity index (χ2v) is 4.36. The molecular weight excluding hydrogens is 259 g/mol. The van der Waals surface area contributed by atoms with Gasteiger partial charge in [-0.05, 0) is 24.3 Å². The molecule has 4 nitrogen and oxygen atoms in total. The Hall–Kier alpha value is -2.56. The molecule has 5 heteroatoms. The van der Waals surface area contributed by atoms with Crippen LogP contribution in [0.4, 0.5) is 15.8 Å². The summed E-state index contributed by atoms with van der Waals surface area (Å²) in [4.78, 5) is 11.0. The zero-order valence-corrected chi connectivity index (χ0v) is 11.0. The van der Waals surface area contributed by atoms with Gasteiger partial charge >= 0.3 is 0 Å². The van der Waals surface area contributed by atoms with Gasteiger partial charge in [0, 0.05) is 24.7 Å². The first-order valence-electron chi connectivity index (χ1n) is 6.14. The van der Waals surface area contributed by atoms with Crippen LogP contribution < -0.4 is 10.6 Å². The van der Waals surface area contributed by atoms with Gasteiger partial charge in [-0.25, -0.2) is 4.39 Å². The molecule has 0 heterocycles. The molecule has 2 rings (SSSR count). The zero-order chi connectivity index (χ0) is 14.5. The van der Waals surface area contributed by atoms with Gasteiger partial charge in [0.15, 0.2) is 0 Å². The number of halogens is 1. The van der Waals surface area contributed by atoms with Gasteiger partial charge in [0.1, 0.15) is 11.6 Å². The maximum Gasteiger partial charge on any atom is 0.221 e. The number of hydrogen-bond acceptors (Lipinski definition) is 3. The van der Waals surface area contributed by atoms with E-state index in [4.69, 9.17) is 0 Å². The Bertz CT molecular complexity index is 629. The van der Waals surface area contributed by atoms with Crippen molar-refractivity contribution in [2.75, 3.05) is 10.6 Å². The van der Waals surface area contributed by atoms with E-state index in [1.807, 2.05) is 0 Å². The van der Waals surface area contributed by atoms with Crippen molar-refractivity contribution in [3.8, 4) is 5.75 Å². The van der Waals surface area contributed by atoms with Crippen LogP contribution in [0.2, 0.25) is 0 Å². The minimum absolute atomic E-state index is 0.151. The lowest BCUT2D eigenvalue weighted by molar-refractivity contribution is -0.114. The largest absolute Gasteiger partial charge is 0.508 e. The number of rotatable bonds is 4. The van der Waals surface area contributed by atoms with Crippen LogP contribution in [0.3, 0.4) is 0 Å². The number of hydrogen-bond donors (Lipinski definition) is 3. The second kappa shape index (κ2) is 6.06. The summed E-state index contributed by atoms with van der Waals surface area (Å²) in [5.74, 6) is -0.490. The molecule has 0 saturated carbocycles. The van der Waals surface area contributed by atoms with E-state index in [1.54, 1.807) is 24.3 Å².